The quantitative estimate of drug-likeness (QED) is 0.869. The highest BCUT2D eigenvalue weighted by Crippen LogP contribution is 2.07. The highest BCUT2D eigenvalue weighted by atomic mass is 35.5. The smallest absolute Gasteiger partial charge is 0.226 e. The summed E-state index contributed by atoms with van der Waals surface area (Å²) in [5.74, 6) is -0.108. The lowest BCUT2D eigenvalue weighted by Gasteiger charge is -2.02. The summed E-state index contributed by atoms with van der Waals surface area (Å²) in [5.41, 5.74) is 0.639. The molecule has 0 bridgehead atoms. The molecule has 2 heterocycles. The predicted molar refractivity (Wildman–Crippen MR) is 69.7 cm³/mol. The summed E-state index contributed by atoms with van der Waals surface area (Å²) in [6.45, 7) is 0.826. The molecule has 2 aromatic heterocycles. The van der Waals surface area contributed by atoms with Crippen molar-refractivity contribution in [3.05, 3.63) is 29.8 Å². The number of hydrogen-bond acceptors (Lipinski definition) is 4. The lowest BCUT2D eigenvalue weighted by Crippen LogP contribution is -2.14. The van der Waals surface area contributed by atoms with Crippen molar-refractivity contribution in [1.29, 1.82) is 0 Å². The molecule has 1 N–H and O–H groups in total. The summed E-state index contributed by atoms with van der Waals surface area (Å²) in [7, 11) is 1.58. The zero-order chi connectivity index (χ0) is 13.7. The van der Waals surface area contributed by atoms with Gasteiger partial charge in [0.1, 0.15) is 6.73 Å². The molecule has 1 amide bonds. The maximum atomic E-state index is 11.7. The zero-order valence-corrected chi connectivity index (χ0v) is 11.2. The zero-order valence-electron chi connectivity index (χ0n) is 10.4. The molecular weight excluding hydrogens is 270 g/mol. The van der Waals surface area contributed by atoms with Crippen molar-refractivity contribution >= 4 is 23.2 Å². The van der Waals surface area contributed by atoms with Crippen molar-refractivity contribution in [2.24, 2.45) is 0 Å². The van der Waals surface area contributed by atoms with Crippen LogP contribution in [-0.2, 0) is 22.8 Å². The molecule has 0 aliphatic heterocycles. The van der Waals surface area contributed by atoms with Crippen LogP contribution in [-0.4, -0.2) is 32.6 Å². The molecule has 0 radical (unpaired) electrons. The molecule has 0 unspecified atom stereocenters. The molecule has 19 heavy (non-hydrogen) atoms. The van der Waals surface area contributed by atoms with Gasteiger partial charge in [0, 0.05) is 26.3 Å². The molecule has 102 valence electrons. The summed E-state index contributed by atoms with van der Waals surface area (Å²) in [6.07, 6.45) is 6.79. The van der Waals surface area contributed by atoms with E-state index < -0.39 is 0 Å². The minimum atomic E-state index is -0.108. The van der Waals surface area contributed by atoms with Gasteiger partial charge in [-0.15, -0.1) is 0 Å². The van der Waals surface area contributed by atoms with Gasteiger partial charge in [-0.3, -0.25) is 9.48 Å². The summed E-state index contributed by atoms with van der Waals surface area (Å²) in [5, 5.41) is 11.3. The van der Waals surface area contributed by atoms with Crippen LogP contribution in [0.25, 0.3) is 0 Å². The van der Waals surface area contributed by atoms with Crippen LogP contribution in [0.4, 0.5) is 5.69 Å². The van der Waals surface area contributed by atoms with Crippen LogP contribution >= 0.6 is 11.6 Å². The van der Waals surface area contributed by atoms with E-state index in [1.807, 2.05) is 0 Å². The highest BCUT2D eigenvalue weighted by Gasteiger charge is 2.05. The highest BCUT2D eigenvalue weighted by molar-refractivity contribution is 6.30. The molecule has 0 aromatic carbocycles. The fraction of sp³-hybridized carbons (Fsp3) is 0.364. The number of carbonyl (C=O) groups is 1. The first-order valence-corrected chi connectivity index (χ1v) is 6.04. The van der Waals surface area contributed by atoms with Gasteiger partial charge < -0.3 is 10.1 Å². The van der Waals surface area contributed by atoms with Crippen LogP contribution in [0.15, 0.2) is 24.8 Å². The second-order valence-electron chi connectivity index (χ2n) is 3.91. The lowest BCUT2D eigenvalue weighted by atomic mass is 10.4. The number of halogens is 1. The molecule has 0 aliphatic carbocycles. The summed E-state index contributed by atoms with van der Waals surface area (Å²) in [4.78, 5) is 11.7. The minimum absolute atomic E-state index is 0.108. The maximum absolute atomic E-state index is 11.7. The fourth-order valence-corrected chi connectivity index (χ4v) is 1.69. The number of aryl methyl sites for hydroxylation is 1. The van der Waals surface area contributed by atoms with E-state index in [0.29, 0.717) is 30.4 Å². The van der Waals surface area contributed by atoms with Crippen molar-refractivity contribution < 1.29 is 9.53 Å². The lowest BCUT2D eigenvalue weighted by molar-refractivity contribution is -0.116. The number of hydrogen-bond donors (Lipinski definition) is 1. The van der Waals surface area contributed by atoms with E-state index in [4.69, 9.17) is 16.3 Å². The second-order valence-corrected chi connectivity index (χ2v) is 4.34. The number of amides is 1. The normalized spacial score (nSPS) is 10.6. The third kappa shape index (κ3) is 4.08. The Balaban J connectivity index is 1.80. The first-order valence-electron chi connectivity index (χ1n) is 5.66. The number of aromatic nitrogens is 4. The van der Waals surface area contributed by atoms with Crippen molar-refractivity contribution in [3.8, 4) is 0 Å². The molecule has 8 heteroatoms. The van der Waals surface area contributed by atoms with Gasteiger partial charge in [-0.25, -0.2) is 4.68 Å². The number of ether oxygens (including phenoxy) is 1. The van der Waals surface area contributed by atoms with E-state index in [-0.39, 0.29) is 5.91 Å². The SMILES string of the molecule is COCn1cc(NC(=O)CCn2cc(Cl)cn2)cn1. The van der Waals surface area contributed by atoms with Crippen LogP contribution in [0.3, 0.4) is 0 Å². The van der Waals surface area contributed by atoms with Gasteiger partial charge in [0.2, 0.25) is 5.91 Å². The molecule has 0 saturated carbocycles. The van der Waals surface area contributed by atoms with E-state index in [1.165, 1.54) is 6.20 Å². The first kappa shape index (κ1) is 13.6. The maximum Gasteiger partial charge on any atom is 0.226 e. The summed E-state index contributed by atoms with van der Waals surface area (Å²) >= 11 is 5.73. The standard InChI is InChI=1S/C11H14ClN5O2/c1-19-8-17-7-10(5-14-17)15-11(18)2-3-16-6-9(12)4-13-16/h4-7H,2-3,8H2,1H3,(H,15,18). The van der Waals surface area contributed by atoms with Crippen molar-refractivity contribution in [3.63, 3.8) is 0 Å². The number of rotatable bonds is 6. The van der Waals surface area contributed by atoms with E-state index in [2.05, 4.69) is 15.5 Å². The van der Waals surface area contributed by atoms with Crippen LogP contribution in [0.5, 0.6) is 0 Å². The van der Waals surface area contributed by atoms with Gasteiger partial charge in [-0.1, -0.05) is 11.6 Å². The average molecular weight is 284 g/mol. The third-order valence-corrected chi connectivity index (χ3v) is 2.54. The number of nitrogens with zero attached hydrogens (tertiary/aromatic N) is 4. The summed E-state index contributed by atoms with van der Waals surface area (Å²) < 4.78 is 8.12. The number of carbonyl (C=O) groups excluding carboxylic acids is 1. The molecule has 2 aromatic rings. The Labute approximate surface area is 115 Å². The topological polar surface area (TPSA) is 74.0 Å². The monoisotopic (exact) mass is 283 g/mol. The van der Waals surface area contributed by atoms with Gasteiger partial charge >= 0.3 is 0 Å². The molecule has 7 nitrogen and oxygen atoms in total. The Bertz CT molecular complexity index is 551. The largest absolute Gasteiger partial charge is 0.362 e. The summed E-state index contributed by atoms with van der Waals surface area (Å²) in [6, 6.07) is 0. The molecule has 0 aliphatic rings. The molecular formula is C11H14ClN5O2. The van der Waals surface area contributed by atoms with Crippen LogP contribution in [0.1, 0.15) is 6.42 Å². The van der Waals surface area contributed by atoms with Crippen molar-refractivity contribution in [2.45, 2.75) is 19.7 Å². The number of anilines is 1. The predicted octanol–water partition coefficient (Wildman–Crippen LogP) is 1.37. The van der Waals surface area contributed by atoms with Gasteiger partial charge in [0.05, 0.1) is 29.3 Å². The van der Waals surface area contributed by atoms with Crippen LogP contribution in [0, 0.1) is 0 Å². The first-order chi connectivity index (χ1) is 9.17. The van der Waals surface area contributed by atoms with Crippen molar-refractivity contribution in [2.75, 3.05) is 12.4 Å². The van der Waals surface area contributed by atoms with Crippen LogP contribution in [0.2, 0.25) is 5.02 Å². The Hall–Kier alpha value is -1.86. The van der Waals surface area contributed by atoms with E-state index >= 15 is 0 Å². The van der Waals surface area contributed by atoms with Gasteiger partial charge in [-0.2, -0.15) is 10.2 Å². The molecule has 0 spiro atoms. The van der Waals surface area contributed by atoms with E-state index in [9.17, 15) is 4.79 Å². The Morgan fingerprint density at radius 2 is 2.16 bits per heavy atom. The van der Waals surface area contributed by atoms with Crippen molar-refractivity contribution in [1.82, 2.24) is 19.6 Å². The van der Waals surface area contributed by atoms with E-state index in [1.54, 1.807) is 35.1 Å². The number of nitrogens with one attached hydrogen (secondary N) is 1. The van der Waals surface area contributed by atoms with E-state index in [0.717, 1.165) is 0 Å². The Morgan fingerprint density at radius 3 is 2.84 bits per heavy atom. The van der Waals surface area contributed by atoms with Crippen LogP contribution < -0.4 is 5.32 Å². The van der Waals surface area contributed by atoms with Gasteiger partial charge in [-0.05, 0) is 0 Å². The van der Waals surface area contributed by atoms with Gasteiger partial charge in [0.25, 0.3) is 0 Å². The number of methoxy groups -OCH3 is 1. The Morgan fingerprint density at radius 1 is 1.37 bits per heavy atom. The average Bonchev–Trinajstić information content (AvgIpc) is 2.97. The molecule has 0 fully saturated rings. The fourth-order valence-electron chi connectivity index (χ4n) is 1.53. The van der Waals surface area contributed by atoms with Gasteiger partial charge in [0.15, 0.2) is 0 Å². The molecule has 2 rings (SSSR count). The second kappa shape index (κ2) is 6.35. The third-order valence-electron chi connectivity index (χ3n) is 2.35. The Kier molecular flexibility index (Phi) is 4.53. The minimum Gasteiger partial charge on any atom is -0.362 e. The molecule has 0 saturated heterocycles. The molecule has 0 atom stereocenters.